The van der Waals surface area contributed by atoms with Gasteiger partial charge in [0.05, 0.1) is 17.1 Å². The number of unbranched alkanes of at least 4 members (excludes halogenated alkanes) is 1. The van der Waals surface area contributed by atoms with Gasteiger partial charge in [-0.1, -0.05) is 54.1 Å². The lowest BCUT2D eigenvalue weighted by atomic mass is 10.2. The maximum atomic E-state index is 13.1. The molecule has 3 rings (SSSR count). The van der Waals surface area contributed by atoms with Crippen molar-refractivity contribution in [2.24, 2.45) is 5.10 Å². The van der Waals surface area contributed by atoms with Crippen LogP contribution in [-0.4, -0.2) is 22.5 Å². The molecular weight excluding hydrogens is 418 g/mol. The van der Waals surface area contributed by atoms with Crippen molar-refractivity contribution in [3.8, 4) is 5.75 Å². The summed E-state index contributed by atoms with van der Waals surface area (Å²) >= 11 is 3.42. The fraction of sp³-hybridized carbons (Fsp3) is 0.227. The number of para-hydroxylation sites is 1. The van der Waals surface area contributed by atoms with Crippen molar-refractivity contribution >= 4 is 33.0 Å². The molecule has 0 amide bonds. The molecule has 0 saturated carbocycles. The van der Waals surface area contributed by atoms with Crippen LogP contribution in [0.15, 0.2) is 69.5 Å². The molecule has 0 aliphatic heterocycles. The molecule has 1 aromatic heterocycles. The van der Waals surface area contributed by atoms with Gasteiger partial charge < -0.3 is 4.74 Å². The third-order valence-electron chi connectivity index (χ3n) is 4.22. The van der Waals surface area contributed by atoms with Gasteiger partial charge in [0.25, 0.3) is 5.56 Å². The molecule has 144 valence electrons. The van der Waals surface area contributed by atoms with E-state index in [0.29, 0.717) is 35.5 Å². The van der Waals surface area contributed by atoms with Crippen LogP contribution in [0.5, 0.6) is 5.75 Å². The minimum atomic E-state index is -0.182. The number of rotatable bonds is 8. The molecule has 0 bridgehead atoms. The number of halogens is 1. The molecule has 0 fully saturated rings. The first kappa shape index (κ1) is 20.0. The summed E-state index contributed by atoms with van der Waals surface area (Å²) in [6, 6.07) is 13.1. The van der Waals surface area contributed by atoms with Crippen molar-refractivity contribution in [3.63, 3.8) is 0 Å². The van der Waals surface area contributed by atoms with Crippen LogP contribution in [0, 0.1) is 0 Å². The van der Waals surface area contributed by atoms with Gasteiger partial charge in [0, 0.05) is 16.5 Å². The Balaban J connectivity index is 2.08. The Morgan fingerprint density at radius 1 is 1.29 bits per heavy atom. The number of benzene rings is 2. The van der Waals surface area contributed by atoms with Crippen LogP contribution < -0.4 is 10.3 Å². The fourth-order valence-electron chi connectivity index (χ4n) is 2.80. The summed E-state index contributed by atoms with van der Waals surface area (Å²) in [5.74, 6) is 1.34. The number of hydrogen-bond acceptors (Lipinski definition) is 4. The van der Waals surface area contributed by atoms with E-state index < -0.39 is 0 Å². The topological polar surface area (TPSA) is 56.5 Å². The van der Waals surface area contributed by atoms with Crippen LogP contribution in [-0.2, 0) is 6.42 Å². The van der Waals surface area contributed by atoms with Crippen LogP contribution in [0.2, 0.25) is 0 Å². The van der Waals surface area contributed by atoms with Crippen molar-refractivity contribution in [2.75, 3.05) is 6.61 Å². The highest BCUT2D eigenvalue weighted by Crippen LogP contribution is 2.18. The summed E-state index contributed by atoms with van der Waals surface area (Å²) in [5, 5.41) is 5.00. The van der Waals surface area contributed by atoms with Gasteiger partial charge in [-0.15, -0.1) is 0 Å². The summed E-state index contributed by atoms with van der Waals surface area (Å²) in [5.41, 5.74) is 1.28. The lowest BCUT2D eigenvalue weighted by molar-refractivity contribution is 0.362. The molecule has 0 aliphatic carbocycles. The van der Waals surface area contributed by atoms with Gasteiger partial charge in [0.1, 0.15) is 18.2 Å². The highest BCUT2D eigenvalue weighted by Gasteiger charge is 2.11. The molecule has 3 aromatic rings. The normalized spacial score (nSPS) is 11.2. The second kappa shape index (κ2) is 9.46. The average molecular weight is 440 g/mol. The van der Waals surface area contributed by atoms with Crippen molar-refractivity contribution in [2.45, 2.75) is 26.2 Å². The van der Waals surface area contributed by atoms with E-state index in [2.05, 4.69) is 39.5 Å². The van der Waals surface area contributed by atoms with Crippen molar-refractivity contribution < 1.29 is 4.74 Å². The minimum absolute atomic E-state index is 0.182. The second-order valence-electron chi connectivity index (χ2n) is 6.29. The van der Waals surface area contributed by atoms with Crippen LogP contribution in [0.1, 0.15) is 31.2 Å². The zero-order valence-electron chi connectivity index (χ0n) is 15.8. The number of aromatic nitrogens is 2. The number of fused-ring (bicyclic) bond motifs is 1. The predicted octanol–water partition coefficient (Wildman–Crippen LogP) is 4.95. The van der Waals surface area contributed by atoms with Crippen molar-refractivity contribution in [1.82, 2.24) is 9.66 Å². The molecule has 1 heterocycles. The number of nitrogens with zero attached hydrogens (tertiary/aromatic N) is 3. The molecule has 6 heteroatoms. The molecular formula is C22H22BrN3O2. The van der Waals surface area contributed by atoms with E-state index in [1.165, 1.54) is 4.68 Å². The Bertz CT molecular complexity index is 1070. The monoisotopic (exact) mass is 439 g/mol. The minimum Gasteiger partial charge on any atom is -0.489 e. The predicted molar refractivity (Wildman–Crippen MR) is 117 cm³/mol. The smallest absolute Gasteiger partial charge is 0.282 e. The Hall–Kier alpha value is -2.73. The molecule has 5 nitrogen and oxygen atoms in total. The maximum absolute atomic E-state index is 13.1. The third-order valence-corrected chi connectivity index (χ3v) is 4.71. The quantitative estimate of drug-likeness (QED) is 0.368. The molecule has 0 radical (unpaired) electrons. The first-order valence-electron chi connectivity index (χ1n) is 9.22. The van der Waals surface area contributed by atoms with E-state index in [9.17, 15) is 4.79 Å². The Morgan fingerprint density at radius 2 is 2.11 bits per heavy atom. The van der Waals surface area contributed by atoms with Crippen LogP contribution in [0.25, 0.3) is 10.9 Å². The summed E-state index contributed by atoms with van der Waals surface area (Å²) in [6.45, 7) is 6.18. The van der Waals surface area contributed by atoms with E-state index in [1.807, 2.05) is 36.4 Å². The summed E-state index contributed by atoms with van der Waals surface area (Å²) in [4.78, 5) is 17.8. The van der Waals surface area contributed by atoms with Crippen LogP contribution >= 0.6 is 15.9 Å². The highest BCUT2D eigenvalue weighted by atomic mass is 79.9. The average Bonchev–Trinajstić information content (AvgIpc) is 2.71. The Morgan fingerprint density at radius 3 is 2.89 bits per heavy atom. The fourth-order valence-corrected chi connectivity index (χ4v) is 3.16. The van der Waals surface area contributed by atoms with Gasteiger partial charge in [-0.2, -0.15) is 9.78 Å². The highest BCUT2D eigenvalue weighted by molar-refractivity contribution is 9.10. The second-order valence-corrected chi connectivity index (χ2v) is 7.21. The zero-order valence-corrected chi connectivity index (χ0v) is 17.4. The molecule has 0 unspecified atom stereocenters. The lowest BCUT2D eigenvalue weighted by Gasteiger charge is -2.10. The van der Waals surface area contributed by atoms with E-state index in [0.717, 1.165) is 22.9 Å². The van der Waals surface area contributed by atoms with Gasteiger partial charge in [-0.05, 0) is 36.8 Å². The largest absolute Gasteiger partial charge is 0.489 e. The van der Waals surface area contributed by atoms with Gasteiger partial charge in [0.2, 0.25) is 0 Å². The van der Waals surface area contributed by atoms with Crippen LogP contribution in [0.3, 0.4) is 0 Å². The SMILES string of the molecule is C=CCOc1ccccc1C=Nn1c(CCCC)nc2ccc(Br)cc2c1=O. The Kier molecular flexibility index (Phi) is 6.76. The molecule has 28 heavy (non-hydrogen) atoms. The summed E-state index contributed by atoms with van der Waals surface area (Å²) in [7, 11) is 0. The molecule has 0 aliphatic rings. The number of hydrogen-bond donors (Lipinski definition) is 0. The molecule has 0 N–H and O–H groups in total. The van der Waals surface area contributed by atoms with Crippen molar-refractivity contribution in [1.29, 1.82) is 0 Å². The number of aryl methyl sites for hydroxylation is 1. The van der Waals surface area contributed by atoms with E-state index >= 15 is 0 Å². The maximum Gasteiger partial charge on any atom is 0.282 e. The van der Waals surface area contributed by atoms with Crippen LogP contribution in [0.4, 0.5) is 0 Å². The van der Waals surface area contributed by atoms with Crippen molar-refractivity contribution in [3.05, 3.63) is 81.3 Å². The first-order chi connectivity index (χ1) is 13.6. The molecule has 0 saturated heterocycles. The van der Waals surface area contributed by atoms with E-state index in [1.54, 1.807) is 18.4 Å². The van der Waals surface area contributed by atoms with Gasteiger partial charge in [0.15, 0.2) is 0 Å². The zero-order chi connectivity index (χ0) is 19.9. The lowest BCUT2D eigenvalue weighted by Crippen LogP contribution is -2.22. The Labute approximate surface area is 172 Å². The van der Waals surface area contributed by atoms with Gasteiger partial charge in [-0.3, -0.25) is 4.79 Å². The van der Waals surface area contributed by atoms with E-state index in [-0.39, 0.29) is 5.56 Å². The summed E-state index contributed by atoms with van der Waals surface area (Å²) in [6.07, 6.45) is 5.95. The van der Waals surface area contributed by atoms with Gasteiger partial charge >= 0.3 is 0 Å². The molecule has 0 atom stereocenters. The third kappa shape index (κ3) is 4.57. The standard InChI is InChI=1S/C22H22BrN3O2/c1-3-5-10-21-25-19-12-11-17(23)14-18(19)22(27)26(21)24-15-16-8-6-7-9-20(16)28-13-4-2/h4,6-9,11-12,14-15H,2-3,5,10,13H2,1H3. The molecule has 2 aromatic carbocycles. The summed E-state index contributed by atoms with van der Waals surface area (Å²) < 4.78 is 7.90. The number of ether oxygens (including phenoxy) is 1. The first-order valence-corrected chi connectivity index (χ1v) is 10.0. The van der Waals surface area contributed by atoms with Gasteiger partial charge in [-0.25, -0.2) is 4.98 Å². The van der Waals surface area contributed by atoms with E-state index in [4.69, 9.17) is 4.74 Å². The molecule has 0 spiro atoms.